The summed E-state index contributed by atoms with van der Waals surface area (Å²) in [5, 5.41) is 13.8. The number of halogens is 1. The summed E-state index contributed by atoms with van der Waals surface area (Å²) < 4.78 is 0. The molecule has 2 rings (SSSR count). The van der Waals surface area contributed by atoms with Gasteiger partial charge in [-0.1, -0.05) is 42.3 Å². The second kappa shape index (κ2) is 7.45. The lowest BCUT2D eigenvalue weighted by molar-refractivity contribution is -0.384. The first-order valence-corrected chi connectivity index (χ1v) is 8.03. The summed E-state index contributed by atoms with van der Waals surface area (Å²) in [5.41, 5.74) is 3.41. The van der Waals surface area contributed by atoms with Crippen molar-refractivity contribution in [3.63, 3.8) is 0 Å². The lowest BCUT2D eigenvalue weighted by atomic mass is 9.97. The van der Waals surface area contributed by atoms with E-state index in [-0.39, 0.29) is 28.2 Å². The van der Waals surface area contributed by atoms with Gasteiger partial charge in [-0.15, -0.1) is 0 Å². The highest BCUT2D eigenvalue weighted by Gasteiger charge is 2.19. The summed E-state index contributed by atoms with van der Waals surface area (Å²) in [6.45, 7) is 6.02. The maximum atomic E-state index is 12.5. The van der Waals surface area contributed by atoms with Crippen LogP contribution in [0.1, 0.15) is 46.4 Å². The summed E-state index contributed by atoms with van der Waals surface area (Å²) in [5.74, 6) is -0.346. The number of carbonyl (C=O) groups is 1. The van der Waals surface area contributed by atoms with Crippen molar-refractivity contribution in [2.45, 2.75) is 33.2 Å². The molecule has 0 heterocycles. The predicted molar refractivity (Wildman–Crippen MR) is 94.5 cm³/mol. The normalized spacial score (nSPS) is 11.8. The third-order valence-electron chi connectivity index (χ3n) is 3.92. The van der Waals surface area contributed by atoms with Gasteiger partial charge in [0.1, 0.15) is 0 Å². The number of nitrogens with one attached hydrogen (secondary N) is 1. The fraction of sp³-hybridized carbons (Fsp3) is 0.278. The molecule has 5 nitrogen and oxygen atoms in total. The number of carbonyl (C=O) groups excluding carboxylic acids is 1. The zero-order valence-electron chi connectivity index (χ0n) is 13.8. The van der Waals surface area contributed by atoms with Gasteiger partial charge in [-0.2, -0.15) is 0 Å². The number of hydrogen-bond donors (Lipinski definition) is 1. The van der Waals surface area contributed by atoms with Crippen molar-refractivity contribution in [1.29, 1.82) is 0 Å². The number of aryl methyl sites for hydroxylation is 2. The second-order valence-electron chi connectivity index (χ2n) is 5.72. The van der Waals surface area contributed by atoms with Crippen molar-refractivity contribution >= 4 is 23.2 Å². The van der Waals surface area contributed by atoms with E-state index in [0.29, 0.717) is 0 Å². The molecule has 126 valence electrons. The van der Waals surface area contributed by atoms with Gasteiger partial charge in [0.05, 0.1) is 21.6 Å². The van der Waals surface area contributed by atoms with Gasteiger partial charge >= 0.3 is 0 Å². The third-order valence-corrected chi connectivity index (χ3v) is 4.24. The predicted octanol–water partition coefficient (Wildman–Crippen LogP) is 4.75. The molecule has 0 aliphatic carbocycles. The molecule has 6 heteroatoms. The van der Waals surface area contributed by atoms with E-state index in [1.807, 2.05) is 32.9 Å². The Morgan fingerprint density at radius 1 is 1.25 bits per heavy atom. The smallest absolute Gasteiger partial charge is 0.270 e. The fourth-order valence-electron chi connectivity index (χ4n) is 2.65. The number of non-ortho nitro benzene ring substituents is 1. The average molecular weight is 347 g/mol. The zero-order chi connectivity index (χ0) is 17.9. The quantitative estimate of drug-likeness (QED) is 0.627. The Morgan fingerprint density at radius 3 is 2.50 bits per heavy atom. The van der Waals surface area contributed by atoms with Gasteiger partial charge in [-0.3, -0.25) is 14.9 Å². The van der Waals surface area contributed by atoms with Gasteiger partial charge in [0.2, 0.25) is 0 Å². The minimum Gasteiger partial charge on any atom is -0.345 e. The molecule has 2 aromatic rings. The molecule has 0 radical (unpaired) electrons. The van der Waals surface area contributed by atoms with Crippen LogP contribution in [0.5, 0.6) is 0 Å². The first kappa shape index (κ1) is 17.9. The number of nitro benzene ring substituents is 1. The molecular weight excluding hydrogens is 328 g/mol. The van der Waals surface area contributed by atoms with Crippen LogP contribution in [0.4, 0.5) is 5.69 Å². The largest absolute Gasteiger partial charge is 0.345 e. The number of benzene rings is 2. The van der Waals surface area contributed by atoms with Crippen LogP contribution in [0.2, 0.25) is 5.02 Å². The summed E-state index contributed by atoms with van der Waals surface area (Å²) in [6.07, 6.45) is 0.722. The van der Waals surface area contributed by atoms with E-state index in [1.165, 1.54) is 18.2 Å². The van der Waals surface area contributed by atoms with Gasteiger partial charge in [0.15, 0.2) is 0 Å². The van der Waals surface area contributed by atoms with Crippen LogP contribution in [0.15, 0.2) is 36.4 Å². The molecule has 0 aliphatic rings. The van der Waals surface area contributed by atoms with Crippen molar-refractivity contribution < 1.29 is 9.72 Å². The topological polar surface area (TPSA) is 72.2 Å². The fourth-order valence-corrected chi connectivity index (χ4v) is 2.91. The van der Waals surface area contributed by atoms with Crippen molar-refractivity contribution in [2.75, 3.05) is 0 Å². The van der Waals surface area contributed by atoms with Gasteiger partial charge < -0.3 is 5.32 Å². The molecule has 1 N–H and O–H groups in total. The molecule has 1 amide bonds. The van der Waals surface area contributed by atoms with Crippen LogP contribution in [0.3, 0.4) is 0 Å². The van der Waals surface area contributed by atoms with E-state index >= 15 is 0 Å². The van der Waals surface area contributed by atoms with Crippen molar-refractivity contribution in [3.8, 4) is 0 Å². The summed E-state index contributed by atoms with van der Waals surface area (Å²) in [6, 6.07) is 9.79. The molecule has 0 saturated heterocycles. The van der Waals surface area contributed by atoms with Crippen molar-refractivity contribution in [2.24, 2.45) is 0 Å². The molecule has 0 unspecified atom stereocenters. The monoisotopic (exact) mass is 346 g/mol. The van der Waals surface area contributed by atoms with Crippen LogP contribution in [0.25, 0.3) is 0 Å². The molecule has 0 bridgehead atoms. The van der Waals surface area contributed by atoms with Gasteiger partial charge in [0, 0.05) is 12.1 Å². The van der Waals surface area contributed by atoms with E-state index in [1.54, 1.807) is 0 Å². The maximum Gasteiger partial charge on any atom is 0.270 e. The Labute approximate surface area is 145 Å². The molecule has 0 aliphatic heterocycles. The molecule has 0 spiro atoms. The zero-order valence-corrected chi connectivity index (χ0v) is 14.6. The molecule has 24 heavy (non-hydrogen) atoms. The minimum atomic E-state index is -0.544. The molecule has 1 atom stereocenters. The number of rotatable bonds is 5. The maximum absolute atomic E-state index is 12.5. The van der Waals surface area contributed by atoms with Gasteiger partial charge in [-0.05, 0) is 37.5 Å². The first-order valence-electron chi connectivity index (χ1n) is 7.65. The minimum absolute atomic E-state index is 0.0668. The molecular formula is C18H19ClN2O3. The van der Waals surface area contributed by atoms with E-state index in [0.717, 1.165) is 23.1 Å². The van der Waals surface area contributed by atoms with Gasteiger partial charge in [-0.25, -0.2) is 0 Å². The Hall–Kier alpha value is -2.40. The van der Waals surface area contributed by atoms with E-state index in [9.17, 15) is 14.9 Å². The van der Waals surface area contributed by atoms with Crippen LogP contribution in [-0.4, -0.2) is 10.8 Å². The standard InChI is InChI=1S/C18H19ClN2O3/c1-4-17(14-7-5-11(2)9-12(14)3)20-18(22)15-8-6-13(21(23)24)10-16(15)19/h5-10,17H,4H2,1-3H3,(H,20,22)/t17-/m0/s1. The van der Waals surface area contributed by atoms with Crippen molar-refractivity contribution in [3.05, 3.63) is 73.8 Å². The molecule has 0 fully saturated rings. The molecule has 0 aromatic heterocycles. The first-order chi connectivity index (χ1) is 11.3. The third kappa shape index (κ3) is 3.92. The van der Waals surface area contributed by atoms with Crippen LogP contribution in [-0.2, 0) is 0 Å². The Morgan fingerprint density at radius 2 is 1.96 bits per heavy atom. The highest BCUT2D eigenvalue weighted by Crippen LogP contribution is 2.25. The summed E-state index contributed by atoms with van der Waals surface area (Å²) >= 11 is 6.03. The lowest BCUT2D eigenvalue weighted by Crippen LogP contribution is -2.28. The van der Waals surface area contributed by atoms with E-state index in [4.69, 9.17) is 11.6 Å². The lowest BCUT2D eigenvalue weighted by Gasteiger charge is -2.20. The average Bonchev–Trinajstić information content (AvgIpc) is 2.52. The number of hydrogen-bond acceptors (Lipinski definition) is 3. The number of amides is 1. The van der Waals surface area contributed by atoms with E-state index < -0.39 is 4.92 Å². The highest BCUT2D eigenvalue weighted by atomic mass is 35.5. The Bertz CT molecular complexity index is 790. The van der Waals surface area contributed by atoms with Gasteiger partial charge in [0.25, 0.3) is 11.6 Å². The van der Waals surface area contributed by atoms with Crippen molar-refractivity contribution in [1.82, 2.24) is 5.32 Å². The van der Waals surface area contributed by atoms with E-state index in [2.05, 4.69) is 11.4 Å². The SMILES string of the molecule is CC[C@H](NC(=O)c1ccc([N+](=O)[O-])cc1Cl)c1ccc(C)cc1C. The van der Waals surface area contributed by atoms with Crippen LogP contribution in [0, 0.1) is 24.0 Å². The highest BCUT2D eigenvalue weighted by molar-refractivity contribution is 6.34. The van der Waals surface area contributed by atoms with Crippen LogP contribution >= 0.6 is 11.6 Å². The molecule has 0 saturated carbocycles. The number of nitrogens with zero attached hydrogens (tertiary/aromatic N) is 1. The Kier molecular flexibility index (Phi) is 5.57. The number of nitro groups is 1. The summed E-state index contributed by atoms with van der Waals surface area (Å²) in [7, 11) is 0. The van der Waals surface area contributed by atoms with Crippen LogP contribution < -0.4 is 5.32 Å². The Balaban J connectivity index is 2.25. The summed E-state index contributed by atoms with van der Waals surface area (Å²) in [4.78, 5) is 22.7. The second-order valence-corrected chi connectivity index (χ2v) is 6.12. The molecule has 2 aromatic carbocycles.